The molecule has 0 saturated heterocycles. The van der Waals surface area contributed by atoms with Crippen molar-refractivity contribution >= 4 is 16.0 Å². The zero-order valence-electron chi connectivity index (χ0n) is 16.1. The Labute approximate surface area is 173 Å². The van der Waals surface area contributed by atoms with Crippen molar-refractivity contribution in [2.45, 2.75) is 13.1 Å². The van der Waals surface area contributed by atoms with Gasteiger partial charge in [0.15, 0.2) is 0 Å². The van der Waals surface area contributed by atoms with Crippen LogP contribution in [0.4, 0.5) is 8.78 Å². The number of halogens is 2. The second-order valence-corrected chi connectivity index (χ2v) is 8.27. The second kappa shape index (κ2) is 9.04. The number of hydrogen-bond donors (Lipinski definition) is 0. The van der Waals surface area contributed by atoms with Crippen LogP contribution in [0.3, 0.4) is 0 Å². The molecule has 0 aliphatic heterocycles. The summed E-state index contributed by atoms with van der Waals surface area (Å²) in [7, 11) is -3.65. The third-order valence-electron chi connectivity index (χ3n) is 4.22. The van der Waals surface area contributed by atoms with Crippen molar-refractivity contribution in [3.8, 4) is 5.75 Å². The third-order valence-corrected chi connectivity index (χ3v) is 4.72. The predicted molar refractivity (Wildman–Crippen MR) is 108 cm³/mol. The van der Waals surface area contributed by atoms with Crippen molar-refractivity contribution in [1.82, 2.24) is 4.90 Å². The van der Waals surface area contributed by atoms with E-state index in [1.807, 2.05) is 0 Å². The lowest BCUT2D eigenvalue weighted by Gasteiger charge is -2.23. The lowest BCUT2D eigenvalue weighted by molar-refractivity contribution is 0.0725. The van der Waals surface area contributed by atoms with Gasteiger partial charge >= 0.3 is 10.1 Å². The van der Waals surface area contributed by atoms with Crippen LogP contribution in [-0.2, 0) is 23.2 Å². The molecular formula is C22H19F2NO4S. The Balaban J connectivity index is 1.86. The Hall–Kier alpha value is -3.26. The summed E-state index contributed by atoms with van der Waals surface area (Å²) in [6.45, 7) is 0.263. The number of nitrogens with zero attached hydrogens (tertiary/aromatic N) is 1. The summed E-state index contributed by atoms with van der Waals surface area (Å²) >= 11 is 0. The van der Waals surface area contributed by atoms with Crippen LogP contribution in [0, 0.1) is 11.6 Å². The Kier molecular flexibility index (Phi) is 6.47. The molecule has 3 aromatic rings. The van der Waals surface area contributed by atoms with Crippen LogP contribution in [0.15, 0.2) is 72.8 Å². The Morgan fingerprint density at radius 3 is 1.93 bits per heavy atom. The highest BCUT2D eigenvalue weighted by Gasteiger charge is 2.20. The highest BCUT2D eigenvalue weighted by molar-refractivity contribution is 7.86. The molecule has 0 spiro atoms. The largest absolute Gasteiger partial charge is 0.383 e. The Bertz CT molecular complexity index is 1130. The second-order valence-electron chi connectivity index (χ2n) is 6.70. The molecule has 0 bridgehead atoms. The van der Waals surface area contributed by atoms with Gasteiger partial charge in [-0.15, -0.1) is 0 Å². The highest BCUT2D eigenvalue weighted by atomic mass is 32.2. The minimum atomic E-state index is -3.65. The van der Waals surface area contributed by atoms with E-state index in [2.05, 4.69) is 0 Å². The van der Waals surface area contributed by atoms with Gasteiger partial charge in [0.05, 0.1) is 11.8 Å². The van der Waals surface area contributed by atoms with Crippen LogP contribution in [0.5, 0.6) is 5.75 Å². The summed E-state index contributed by atoms with van der Waals surface area (Å²) in [6.07, 6.45) is 0.943. The zero-order chi connectivity index (χ0) is 21.7. The van der Waals surface area contributed by atoms with Gasteiger partial charge in [-0.25, -0.2) is 8.78 Å². The fourth-order valence-electron chi connectivity index (χ4n) is 2.86. The molecule has 156 valence electrons. The highest BCUT2D eigenvalue weighted by Crippen LogP contribution is 2.19. The molecule has 3 rings (SSSR count). The standard InChI is InChI=1S/C22H19F2NO4S/c1-30(27,28)29-19-12-8-17(9-13-19)15-25(14-16-6-10-18(23)11-7-16)22(26)20-4-2-3-5-21(20)24/h2-13H,14-15H2,1H3. The molecule has 0 radical (unpaired) electrons. The van der Waals surface area contributed by atoms with Gasteiger partial charge in [0.1, 0.15) is 17.4 Å². The van der Waals surface area contributed by atoms with Crippen molar-refractivity contribution < 1.29 is 26.2 Å². The van der Waals surface area contributed by atoms with Gasteiger partial charge < -0.3 is 9.08 Å². The third kappa shape index (κ3) is 5.87. The maximum Gasteiger partial charge on any atom is 0.306 e. The average molecular weight is 431 g/mol. The minimum Gasteiger partial charge on any atom is -0.383 e. The van der Waals surface area contributed by atoms with Crippen LogP contribution in [0.1, 0.15) is 21.5 Å². The van der Waals surface area contributed by atoms with Crippen LogP contribution >= 0.6 is 0 Å². The molecular weight excluding hydrogens is 412 g/mol. The van der Waals surface area contributed by atoms with Crippen LogP contribution in [-0.4, -0.2) is 25.5 Å². The molecule has 30 heavy (non-hydrogen) atoms. The average Bonchev–Trinajstić information content (AvgIpc) is 2.69. The van der Waals surface area contributed by atoms with E-state index in [0.717, 1.165) is 6.26 Å². The molecule has 0 atom stereocenters. The smallest absolute Gasteiger partial charge is 0.306 e. The van der Waals surface area contributed by atoms with Gasteiger partial charge in [0, 0.05) is 13.1 Å². The number of hydrogen-bond acceptors (Lipinski definition) is 4. The maximum atomic E-state index is 14.2. The van der Waals surface area contributed by atoms with Gasteiger partial charge in [-0.1, -0.05) is 36.4 Å². The molecule has 1 amide bonds. The first kappa shape index (κ1) is 21.4. The lowest BCUT2D eigenvalue weighted by atomic mass is 10.1. The van der Waals surface area contributed by atoms with Crippen LogP contribution in [0.2, 0.25) is 0 Å². The molecule has 0 fully saturated rings. The number of benzene rings is 3. The molecule has 0 saturated carbocycles. The van der Waals surface area contributed by atoms with Gasteiger partial charge in [-0.2, -0.15) is 8.42 Å². The van der Waals surface area contributed by atoms with Crippen molar-refractivity contribution in [2.75, 3.05) is 6.26 Å². The van der Waals surface area contributed by atoms with Crippen molar-refractivity contribution in [3.05, 3.63) is 101 Å². The topological polar surface area (TPSA) is 63.7 Å². The van der Waals surface area contributed by atoms with Crippen LogP contribution in [0.25, 0.3) is 0 Å². The van der Waals surface area contributed by atoms with E-state index < -0.39 is 27.7 Å². The zero-order valence-corrected chi connectivity index (χ0v) is 16.9. The molecule has 3 aromatic carbocycles. The summed E-state index contributed by atoms with van der Waals surface area (Å²) < 4.78 is 54.7. The molecule has 8 heteroatoms. The number of carbonyl (C=O) groups excluding carboxylic acids is 1. The molecule has 0 aliphatic rings. The molecule has 0 unspecified atom stereocenters. The fourth-order valence-corrected chi connectivity index (χ4v) is 3.32. The lowest BCUT2D eigenvalue weighted by Crippen LogP contribution is -2.30. The van der Waals surface area contributed by atoms with Crippen molar-refractivity contribution in [2.24, 2.45) is 0 Å². The van der Waals surface area contributed by atoms with Crippen molar-refractivity contribution in [1.29, 1.82) is 0 Å². The van der Waals surface area contributed by atoms with E-state index in [-0.39, 0.29) is 24.4 Å². The first-order chi connectivity index (χ1) is 14.2. The molecule has 0 aliphatic carbocycles. The first-order valence-corrected chi connectivity index (χ1v) is 10.8. The molecule has 0 heterocycles. The molecule has 0 aromatic heterocycles. The van der Waals surface area contributed by atoms with Crippen LogP contribution < -0.4 is 4.18 Å². The van der Waals surface area contributed by atoms with E-state index in [0.29, 0.717) is 11.1 Å². The van der Waals surface area contributed by atoms with Gasteiger partial charge in [-0.05, 0) is 47.5 Å². The fraction of sp³-hybridized carbons (Fsp3) is 0.136. The van der Waals surface area contributed by atoms with Gasteiger partial charge in [-0.3, -0.25) is 4.79 Å². The summed E-state index contributed by atoms with van der Waals surface area (Å²) in [6, 6.07) is 17.6. The SMILES string of the molecule is CS(=O)(=O)Oc1ccc(CN(Cc2ccc(F)cc2)C(=O)c2ccccc2F)cc1. The maximum absolute atomic E-state index is 14.2. The molecule has 0 N–H and O–H groups in total. The summed E-state index contributed by atoms with van der Waals surface area (Å²) in [5, 5.41) is 0. The minimum absolute atomic E-state index is 0.0726. The monoisotopic (exact) mass is 431 g/mol. The first-order valence-electron chi connectivity index (χ1n) is 8.98. The van der Waals surface area contributed by atoms with Gasteiger partial charge in [0.2, 0.25) is 0 Å². The van der Waals surface area contributed by atoms with Crippen molar-refractivity contribution in [3.63, 3.8) is 0 Å². The summed E-state index contributed by atoms with van der Waals surface area (Å²) in [4.78, 5) is 14.4. The predicted octanol–water partition coefficient (Wildman–Crippen LogP) is 4.15. The van der Waals surface area contributed by atoms with E-state index in [1.165, 1.54) is 47.4 Å². The number of rotatable bonds is 7. The quantitative estimate of drug-likeness (QED) is 0.528. The van der Waals surface area contributed by atoms with E-state index in [4.69, 9.17) is 4.18 Å². The number of amides is 1. The Morgan fingerprint density at radius 1 is 0.867 bits per heavy atom. The van der Waals surface area contributed by atoms with E-state index in [1.54, 1.807) is 30.3 Å². The molecule has 5 nitrogen and oxygen atoms in total. The Morgan fingerprint density at radius 2 is 1.40 bits per heavy atom. The van der Waals surface area contributed by atoms with E-state index in [9.17, 15) is 22.0 Å². The van der Waals surface area contributed by atoms with E-state index >= 15 is 0 Å². The summed E-state index contributed by atoms with van der Waals surface area (Å²) in [5.74, 6) is -1.41. The summed E-state index contributed by atoms with van der Waals surface area (Å²) in [5.41, 5.74) is 1.29. The normalized spacial score (nSPS) is 11.2. The van der Waals surface area contributed by atoms with Gasteiger partial charge in [0.25, 0.3) is 5.91 Å². The number of carbonyl (C=O) groups is 1.